The van der Waals surface area contributed by atoms with Crippen molar-refractivity contribution in [2.75, 3.05) is 17.2 Å². The minimum absolute atomic E-state index is 0.0621. The molecule has 9 nitrogen and oxygen atoms in total. The average molecular weight is 505 g/mol. The van der Waals surface area contributed by atoms with Gasteiger partial charge in [-0.1, -0.05) is 23.7 Å². The molecule has 2 N–H and O–H groups in total. The fraction of sp³-hybridized carbons (Fsp3) is 0.304. The number of halogens is 1. The van der Waals surface area contributed by atoms with Gasteiger partial charge in [-0.05, 0) is 39.8 Å². The fourth-order valence-corrected chi connectivity index (χ4v) is 4.09. The van der Waals surface area contributed by atoms with Gasteiger partial charge in [-0.3, -0.25) is 14.7 Å². The van der Waals surface area contributed by atoms with Crippen molar-refractivity contribution in [2.45, 2.75) is 40.2 Å². The van der Waals surface area contributed by atoms with Gasteiger partial charge >= 0.3 is 12.1 Å². The Morgan fingerprint density at radius 2 is 1.82 bits per heavy atom. The summed E-state index contributed by atoms with van der Waals surface area (Å²) in [4.78, 5) is 40.7. The quantitative estimate of drug-likeness (QED) is 0.414. The van der Waals surface area contributed by atoms with Crippen molar-refractivity contribution in [2.24, 2.45) is 0 Å². The molecule has 2 heterocycles. The maximum absolute atomic E-state index is 12.8. The first-order chi connectivity index (χ1) is 16.0. The van der Waals surface area contributed by atoms with Gasteiger partial charge in [0, 0.05) is 29.6 Å². The smallest absolute Gasteiger partial charge is 0.412 e. The molecule has 0 aliphatic carbocycles. The summed E-state index contributed by atoms with van der Waals surface area (Å²) >= 11 is 7.78. The Labute approximate surface area is 206 Å². The van der Waals surface area contributed by atoms with E-state index in [1.165, 1.54) is 28.9 Å². The highest BCUT2D eigenvalue weighted by atomic mass is 35.5. The standard InChI is InChI=1S/C23H25ClN4O5S/c1-6-32-20(30)19-16(27-22(31)33-23(3,4)5)11-18(24)28(19)15-9-7-14(8-10-15)17-12-34-21(26-17)25-13(2)29/h7-12H,6H2,1-5H3,(H,27,31)(H,25,26,29). The zero-order valence-electron chi connectivity index (χ0n) is 19.4. The molecule has 2 aromatic heterocycles. The van der Waals surface area contributed by atoms with E-state index in [1.54, 1.807) is 39.8 Å². The van der Waals surface area contributed by atoms with Gasteiger partial charge in [-0.2, -0.15) is 0 Å². The molecule has 0 atom stereocenters. The molecule has 11 heteroatoms. The summed E-state index contributed by atoms with van der Waals surface area (Å²) in [5.41, 5.74) is 1.59. The first kappa shape index (κ1) is 25.3. The number of thiazole rings is 1. The van der Waals surface area contributed by atoms with E-state index in [0.29, 0.717) is 16.5 Å². The second-order valence-electron chi connectivity index (χ2n) is 8.18. The number of hydrogen-bond acceptors (Lipinski definition) is 7. The van der Waals surface area contributed by atoms with Crippen molar-refractivity contribution >= 4 is 51.7 Å². The Hall–Kier alpha value is -3.37. The van der Waals surface area contributed by atoms with E-state index in [4.69, 9.17) is 21.1 Å². The molecule has 1 aromatic carbocycles. The lowest BCUT2D eigenvalue weighted by Crippen LogP contribution is -2.27. The van der Waals surface area contributed by atoms with Crippen molar-refractivity contribution in [3.63, 3.8) is 0 Å². The largest absolute Gasteiger partial charge is 0.461 e. The highest BCUT2D eigenvalue weighted by molar-refractivity contribution is 7.14. The minimum Gasteiger partial charge on any atom is -0.461 e. The molecule has 0 saturated carbocycles. The number of anilines is 2. The van der Waals surface area contributed by atoms with E-state index >= 15 is 0 Å². The van der Waals surface area contributed by atoms with Crippen LogP contribution in [0.5, 0.6) is 0 Å². The van der Waals surface area contributed by atoms with Crippen LogP contribution < -0.4 is 10.6 Å². The van der Waals surface area contributed by atoms with Crippen LogP contribution in [-0.4, -0.2) is 39.7 Å². The molecule has 3 rings (SSSR count). The molecule has 3 aromatic rings. The number of rotatable bonds is 6. The van der Waals surface area contributed by atoms with Crippen molar-refractivity contribution in [1.82, 2.24) is 9.55 Å². The summed E-state index contributed by atoms with van der Waals surface area (Å²) in [5, 5.41) is 7.77. The SMILES string of the molecule is CCOC(=O)c1c(NC(=O)OC(C)(C)C)cc(Cl)n1-c1ccc(-c2csc(NC(C)=O)n2)cc1. The average Bonchev–Trinajstić information content (AvgIpc) is 3.30. The van der Waals surface area contributed by atoms with Gasteiger partial charge in [-0.25, -0.2) is 14.6 Å². The summed E-state index contributed by atoms with van der Waals surface area (Å²) in [6, 6.07) is 8.62. The second kappa shape index (κ2) is 10.3. The third-order valence-electron chi connectivity index (χ3n) is 4.27. The molecule has 0 fully saturated rings. The zero-order chi connectivity index (χ0) is 25.0. The molecule has 0 radical (unpaired) electrons. The number of nitrogens with one attached hydrogen (secondary N) is 2. The van der Waals surface area contributed by atoms with E-state index in [2.05, 4.69) is 15.6 Å². The molecule has 0 spiro atoms. The van der Waals surface area contributed by atoms with Gasteiger partial charge in [0.15, 0.2) is 10.8 Å². The number of hydrogen-bond donors (Lipinski definition) is 2. The van der Waals surface area contributed by atoms with E-state index in [9.17, 15) is 14.4 Å². The van der Waals surface area contributed by atoms with Crippen LogP contribution in [0.15, 0.2) is 35.7 Å². The molecular formula is C23H25ClN4O5S. The monoisotopic (exact) mass is 504 g/mol. The van der Waals surface area contributed by atoms with Crippen LogP contribution in [0.4, 0.5) is 15.6 Å². The molecule has 180 valence electrons. The van der Waals surface area contributed by atoms with Gasteiger partial charge in [0.1, 0.15) is 10.8 Å². The highest BCUT2D eigenvalue weighted by Gasteiger charge is 2.26. The Balaban J connectivity index is 1.95. The van der Waals surface area contributed by atoms with Gasteiger partial charge in [0.05, 0.1) is 18.0 Å². The third-order valence-corrected chi connectivity index (χ3v) is 5.30. The first-order valence-corrected chi connectivity index (χ1v) is 11.7. The summed E-state index contributed by atoms with van der Waals surface area (Å²) < 4.78 is 12.0. The van der Waals surface area contributed by atoms with E-state index in [-0.39, 0.29) is 29.0 Å². The van der Waals surface area contributed by atoms with Crippen LogP contribution in [0.3, 0.4) is 0 Å². The van der Waals surface area contributed by atoms with Gasteiger partial charge in [0.25, 0.3) is 0 Å². The molecule has 0 saturated heterocycles. The summed E-state index contributed by atoms with van der Waals surface area (Å²) in [5.74, 6) is -0.843. The first-order valence-electron chi connectivity index (χ1n) is 10.4. The second-order valence-corrected chi connectivity index (χ2v) is 9.42. The topological polar surface area (TPSA) is 112 Å². The van der Waals surface area contributed by atoms with Crippen molar-refractivity contribution < 1.29 is 23.9 Å². The van der Waals surface area contributed by atoms with Crippen LogP contribution in [0, 0.1) is 0 Å². The molecule has 2 amide bonds. The number of nitrogens with zero attached hydrogens (tertiary/aromatic N) is 2. The summed E-state index contributed by atoms with van der Waals surface area (Å²) in [6.45, 7) is 8.46. The molecular weight excluding hydrogens is 480 g/mol. The molecule has 0 bridgehead atoms. The summed E-state index contributed by atoms with van der Waals surface area (Å²) in [7, 11) is 0. The van der Waals surface area contributed by atoms with Crippen LogP contribution in [0.2, 0.25) is 5.15 Å². The lowest BCUT2D eigenvalue weighted by atomic mass is 10.1. The molecule has 0 aliphatic heterocycles. The summed E-state index contributed by atoms with van der Waals surface area (Å²) in [6.07, 6.45) is -0.722. The van der Waals surface area contributed by atoms with Gasteiger partial charge < -0.3 is 14.8 Å². The maximum atomic E-state index is 12.8. The number of amides is 2. The molecule has 0 unspecified atom stereocenters. The van der Waals surface area contributed by atoms with Gasteiger partial charge in [-0.15, -0.1) is 11.3 Å². The van der Waals surface area contributed by atoms with E-state index in [1.807, 2.05) is 17.5 Å². The third kappa shape index (κ3) is 6.15. The highest BCUT2D eigenvalue weighted by Crippen LogP contribution is 2.32. The van der Waals surface area contributed by atoms with Crippen LogP contribution in [0.25, 0.3) is 16.9 Å². The number of benzene rings is 1. The predicted molar refractivity (Wildman–Crippen MR) is 132 cm³/mol. The lowest BCUT2D eigenvalue weighted by molar-refractivity contribution is -0.114. The number of carbonyl (C=O) groups excluding carboxylic acids is 3. The van der Waals surface area contributed by atoms with Crippen LogP contribution in [0.1, 0.15) is 45.1 Å². The number of esters is 1. The Bertz CT molecular complexity index is 1210. The van der Waals surface area contributed by atoms with Crippen molar-refractivity contribution in [1.29, 1.82) is 0 Å². The van der Waals surface area contributed by atoms with Crippen LogP contribution in [-0.2, 0) is 14.3 Å². The molecule has 0 aliphatic rings. The lowest BCUT2D eigenvalue weighted by Gasteiger charge is -2.19. The van der Waals surface area contributed by atoms with E-state index < -0.39 is 17.7 Å². The van der Waals surface area contributed by atoms with Crippen molar-refractivity contribution in [3.05, 3.63) is 46.6 Å². The van der Waals surface area contributed by atoms with Crippen LogP contribution >= 0.6 is 22.9 Å². The van der Waals surface area contributed by atoms with E-state index in [0.717, 1.165) is 5.56 Å². The minimum atomic E-state index is -0.722. The number of aromatic nitrogens is 2. The number of carbonyl (C=O) groups is 3. The zero-order valence-corrected chi connectivity index (χ0v) is 21.0. The fourth-order valence-electron chi connectivity index (χ4n) is 3.04. The molecule has 34 heavy (non-hydrogen) atoms. The predicted octanol–water partition coefficient (Wildman–Crippen LogP) is 5.74. The van der Waals surface area contributed by atoms with Gasteiger partial charge in [0.2, 0.25) is 5.91 Å². The Kier molecular flexibility index (Phi) is 7.63. The Morgan fingerprint density at radius 3 is 2.41 bits per heavy atom. The Morgan fingerprint density at radius 1 is 1.15 bits per heavy atom. The van der Waals surface area contributed by atoms with Crippen molar-refractivity contribution in [3.8, 4) is 16.9 Å². The normalized spacial score (nSPS) is 11.1. The maximum Gasteiger partial charge on any atom is 0.412 e. The number of ether oxygens (including phenoxy) is 2.